The van der Waals surface area contributed by atoms with Crippen LogP contribution in [0.1, 0.15) is 25.3 Å². The van der Waals surface area contributed by atoms with E-state index in [0.717, 1.165) is 18.9 Å². The largest absolute Gasteiger partial charge is 0.354 e. The quantitative estimate of drug-likeness (QED) is 0.814. The Morgan fingerprint density at radius 1 is 1.44 bits per heavy atom. The van der Waals surface area contributed by atoms with E-state index in [1.54, 1.807) is 0 Å². The first-order valence-corrected chi connectivity index (χ1v) is 5.99. The first kappa shape index (κ1) is 14.6. The Morgan fingerprint density at radius 2 is 2.17 bits per heavy atom. The minimum atomic E-state index is -0.967. The number of carbonyl (C=O) groups is 1. The summed E-state index contributed by atoms with van der Waals surface area (Å²) in [7, 11) is 0. The molecule has 0 fully saturated rings. The lowest BCUT2D eigenvalue weighted by atomic mass is 10.1. The van der Waals surface area contributed by atoms with Crippen molar-refractivity contribution in [3.05, 3.63) is 35.4 Å². The first-order valence-electron chi connectivity index (χ1n) is 5.99. The smallest absolute Gasteiger partial charge is 0.224 e. The average Bonchev–Trinajstić information content (AvgIpc) is 2.33. The second kappa shape index (κ2) is 7.06. The van der Waals surface area contributed by atoms with Crippen LogP contribution < -0.4 is 11.1 Å². The van der Waals surface area contributed by atoms with Crippen molar-refractivity contribution in [3.8, 4) is 0 Å². The van der Waals surface area contributed by atoms with Gasteiger partial charge in [-0.3, -0.25) is 4.79 Å². The molecule has 1 aromatic carbocycles. The maximum atomic E-state index is 13.3. The number of hydrogen-bond acceptors (Lipinski definition) is 2. The van der Waals surface area contributed by atoms with Gasteiger partial charge in [-0.05, 0) is 12.5 Å². The van der Waals surface area contributed by atoms with Crippen molar-refractivity contribution in [1.82, 2.24) is 5.32 Å². The molecule has 3 nitrogen and oxygen atoms in total. The molecule has 1 unspecified atom stereocenters. The molecule has 1 rings (SSSR count). The highest BCUT2D eigenvalue weighted by Crippen LogP contribution is 2.11. The van der Waals surface area contributed by atoms with Crippen molar-refractivity contribution in [2.45, 2.75) is 32.2 Å². The van der Waals surface area contributed by atoms with E-state index in [9.17, 15) is 13.6 Å². The molecule has 0 aromatic heterocycles. The molecule has 0 saturated heterocycles. The third kappa shape index (κ3) is 4.41. The van der Waals surface area contributed by atoms with Crippen LogP contribution in [0.4, 0.5) is 8.78 Å². The van der Waals surface area contributed by atoms with Gasteiger partial charge in [0.2, 0.25) is 5.91 Å². The molecule has 0 heterocycles. The number of benzene rings is 1. The van der Waals surface area contributed by atoms with Crippen LogP contribution in [0.2, 0.25) is 0 Å². The number of nitrogens with one attached hydrogen (secondary N) is 1. The molecule has 0 saturated carbocycles. The fraction of sp³-hybridized carbons (Fsp3) is 0.462. The number of halogens is 2. The van der Waals surface area contributed by atoms with Gasteiger partial charge in [0.1, 0.15) is 0 Å². The molecule has 0 radical (unpaired) electrons. The number of carbonyl (C=O) groups excluding carboxylic acids is 1. The summed E-state index contributed by atoms with van der Waals surface area (Å²) in [6.07, 6.45) is 1.58. The fourth-order valence-electron chi connectivity index (χ4n) is 1.64. The number of amides is 1. The standard InChI is InChI=1S/C13H18F2N2O/c1-2-4-10(16)8-17-12(18)7-9-5-3-6-11(14)13(9)15/h3,5-6,10H,2,4,7-8,16H2,1H3,(H,17,18). The number of nitrogens with two attached hydrogens (primary N) is 1. The highest BCUT2D eigenvalue weighted by molar-refractivity contribution is 5.78. The predicted octanol–water partition coefficient (Wildman–Crippen LogP) is 1.75. The fourth-order valence-corrected chi connectivity index (χ4v) is 1.64. The molecule has 5 heteroatoms. The zero-order chi connectivity index (χ0) is 13.5. The van der Waals surface area contributed by atoms with Crippen LogP contribution in [0.15, 0.2) is 18.2 Å². The Kier molecular flexibility index (Phi) is 5.71. The van der Waals surface area contributed by atoms with Gasteiger partial charge in [-0.1, -0.05) is 25.5 Å². The normalized spacial score (nSPS) is 12.2. The van der Waals surface area contributed by atoms with Gasteiger partial charge >= 0.3 is 0 Å². The lowest BCUT2D eigenvalue weighted by molar-refractivity contribution is -0.120. The maximum Gasteiger partial charge on any atom is 0.224 e. The van der Waals surface area contributed by atoms with Crippen LogP contribution >= 0.6 is 0 Å². The van der Waals surface area contributed by atoms with Gasteiger partial charge in [-0.25, -0.2) is 8.78 Å². The predicted molar refractivity (Wildman–Crippen MR) is 66.0 cm³/mol. The van der Waals surface area contributed by atoms with Crippen LogP contribution in [0.3, 0.4) is 0 Å². The topological polar surface area (TPSA) is 55.1 Å². The summed E-state index contributed by atoms with van der Waals surface area (Å²) in [5, 5.41) is 2.61. The van der Waals surface area contributed by atoms with E-state index < -0.39 is 11.6 Å². The number of hydrogen-bond donors (Lipinski definition) is 2. The number of rotatable bonds is 6. The van der Waals surface area contributed by atoms with Gasteiger partial charge in [0.05, 0.1) is 6.42 Å². The molecule has 0 bridgehead atoms. The van der Waals surface area contributed by atoms with Crippen molar-refractivity contribution in [2.24, 2.45) is 5.73 Å². The van der Waals surface area contributed by atoms with E-state index in [4.69, 9.17) is 5.73 Å². The van der Waals surface area contributed by atoms with E-state index in [2.05, 4.69) is 5.32 Å². The summed E-state index contributed by atoms with van der Waals surface area (Å²) in [6.45, 7) is 2.35. The third-order valence-electron chi connectivity index (χ3n) is 2.60. The summed E-state index contributed by atoms with van der Waals surface area (Å²) >= 11 is 0. The second-order valence-corrected chi connectivity index (χ2v) is 4.24. The molecule has 1 aromatic rings. The molecular weight excluding hydrogens is 238 g/mol. The lowest BCUT2D eigenvalue weighted by Crippen LogP contribution is -2.37. The zero-order valence-electron chi connectivity index (χ0n) is 10.4. The SMILES string of the molecule is CCCC(N)CNC(=O)Cc1cccc(F)c1F. The third-order valence-corrected chi connectivity index (χ3v) is 2.60. The Bertz CT molecular complexity index is 410. The molecule has 100 valence electrons. The molecule has 0 aliphatic carbocycles. The van der Waals surface area contributed by atoms with E-state index in [1.807, 2.05) is 6.92 Å². The Labute approximate surface area is 105 Å². The summed E-state index contributed by atoms with van der Waals surface area (Å²) < 4.78 is 26.2. The molecule has 0 aliphatic heterocycles. The molecule has 3 N–H and O–H groups in total. The van der Waals surface area contributed by atoms with E-state index >= 15 is 0 Å². The van der Waals surface area contributed by atoms with Crippen molar-refractivity contribution < 1.29 is 13.6 Å². The summed E-state index contributed by atoms with van der Waals surface area (Å²) in [6, 6.07) is 3.69. The van der Waals surface area contributed by atoms with Crippen LogP contribution in [-0.2, 0) is 11.2 Å². The molecule has 18 heavy (non-hydrogen) atoms. The Morgan fingerprint density at radius 3 is 2.83 bits per heavy atom. The van der Waals surface area contributed by atoms with E-state index in [1.165, 1.54) is 12.1 Å². The van der Waals surface area contributed by atoms with Crippen molar-refractivity contribution >= 4 is 5.91 Å². The first-order chi connectivity index (χ1) is 8.54. The van der Waals surface area contributed by atoms with Gasteiger partial charge in [0.25, 0.3) is 0 Å². The molecular formula is C13H18F2N2O. The van der Waals surface area contributed by atoms with E-state index in [-0.39, 0.29) is 23.9 Å². The summed E-state index contributed by atoms with van der Waals surface area (Å²) in [5.41, 5.74) is 5.78. The molecule has 1 amide bonds. The highest BCUT2D eigenvalue weighted by atomic mass is 19.2. The monoisotopic (exact) mass is 256 g/mol. The van der Waals surface area contributed by atoms with Gasteiger partial charge in [0.15, 0.2) is 11.6 Å². The van der Waals surface area contributed by atoms with Gasteiger partial charge in [0, 0.05) is 18.2 Å². The Balaban J connectivity index is 2.47. The second-order valence-electron chi connectivity index (χ2n) is 4.24. The van der Waals surface area contributed by atoms with Crippen LogP contribution in [0.5, 0.6) is 0 Å². The highest BCUT2D eigenvalue weighted by Gasteiger charge is 2.12. The lowest BCUT2D eigenvalue weighted by Gasteiger charge is -2.11. The maximum absolute atomic E-state index is 13.3. The zero-order valence-corrected chi connectivity index (χ0v) is 10.4. The van der Waals surface area contributed by atoms with Gasteiger partial charge in [-0.2, -0.15) is 0 Å². The van der Waals surface area contributed by atoms with Crippen LogP contribution in [0.25, 0.3) is 0 Å². The Hall–Kier alpha value is -1.49. The molecule has 0 spiro atoms. The van der Waals surface area contributed by atoms with Crippen LogP contribution in [0, 0.1) is 11.6 Å². The summed E-state index contributed by atoms with van der Waals surface area (Å²) in [5.74, 6) is -2.26. The van der Waals surface area contributed by atoms with E-state index in [0.29, 0.717) is 6.54 Å². The average molecular weight is 256 g/mol. The minimum absolute atomic E-state index is 0.0524. The minimum Gasteiger partial charge on any atom is -0.354 e. The van der Waals surface area contributed by atoms with Gasteiger partial charge in [-0.15, -0.1) is 0 Å². The van der Waals surface area contributed by atoms with Crippen LogP contribution in [-0.4, -0.2) is 18.5 Å². The summed E-state index contributed by atoms with van der Waals surface area (Å²) in [4.78, 5) is 11.5. The van der Waals surface area contributed by atoms with Crippen molar-refractivity contribution in [2.75, 3.05) is 6.54 Å². The molecule has 0 aliphatic rings. The van der Waals surface area contributed by atoms with Crippen molar-refractivity contribution in [3.63, 3.8) is 0 Å². The van der Waals surface area contributed by atoms with Crippen molar-refractivity contribution in [1.29, 1.82) is 0 Å². The molecule has 1 atom stereocenters. The van der Waals surface area contributed by atoms with Gasteiger partial charge < -0.3 is 11.1 Å².